The summed E-state index contributed by atoms with van der Waals surface area (Å²) in [5, 5.41) is 7.65. The van der Waals surface area contributed by atoms with Crippen molar-refractivity contribution in [1.29, 1.82) is 0 Å². The molecule has 1 rings (SSSR count). The molecule has 0 aromatic carbocycles. The van der Waals surface area contributed by atoms with Crippen molar-refractivity contribution < 1.29 is 9.53 Å². The van der Waals surface area contributed by atoms with Gasteiger partial charge in [0.05, 0.1) is 7.11 Å². The number of nitrogens with two attached hydrogens (primary N) is 1. The van der Waals surface area contributed by atoms with Gasteiger partial charge in [-0.25, -0.2) is 0 Å². The van der Waals surface area contributed by atoms with Gasteiger partial charge in [0.2, 0.25) is 0 Å². The van der Waals surface area contributed by atoms with Gasteiger partial charge in [-0.15, -0.1) is 10.2 Å². The lowest BCUT2D eigenvalue weighted by atomic mass is 9.98. The van der Waals surface area contributed by atoms with Gasteiger partial charge in [0.15, 0.2) is 4.34 Å². The van der Waals surface area contributed by atoms with Crippen LogP contribution in [0.4, 0.5) is 0 Å². The molecule has 0 saturated heterocycles. The molecule has 0 spiro atoms. The highest BCUT2D eigenvalue weighted by Crippen LogP contribution is 2.21. The lowest BCUT2D eigenvalue weighted by Crippen LogP contribution is -2.45. The highest BCUT2D eigenvalue weighted by atomic mass is 32.2. The first-order valence-corrected chi connectivity index (χ1v) is 6.69. The third-order valence-corrected chi connectivity index (χ3v) is 4.00. The van der Waals surface area contributed by atoms with E-state index in [0.717, 1.165) is 16.5 Å². The minimum absolute atomic E-state index is 0.367. The highest BCUT2D eigenvalue weighted by molar-refractivity contribution is 8.00. The molecule has 7 heteroatoms. The number of carbonyl (C=O) groups is 1. The Morgan fingerprint density at radius 1 is 1.75 bits per heavy atom. The van der Waals surface area contributed by atoms with E-state index in [0.29, 0.717) is 6.42 Å². The average Bonchev–Trinajstić information content (AvgIpc) is 2.76. The number of nitrogens with zero attached hydrogens (tertiary/aromatic N) is 2. The van der Waals surface area contributed by atoms with Crippen LogP contribution >= 0.6 is 23.1 Å². The van der Waals surface area contributed by atoms with Gasteiger partial charge in [0.1, 0.15) is 11.0 Å². The van der Waals surface area contributed by atoms with Crippen LogP contribution in [0.15, 0.2) is 9.85 Å². The number of thioether (sulfide) groups is 1. The Balaban J connectivity index is 2.22. The number of ether oxygens (including phenoxy) is 1. The molecule has 0 fully saturated rings. The van der Waals surface area contributed by atoms with Gasteiger partial charge in [0, 0.05) is 5.75 Å². The Kier molecular flexibility index (Phi) is 5.17. The van der Waals surface area contributed by atoms with Crippen LogP contribution in [0.25, 0.3) is 0 Å². The van der Waals surface area contributed by atoms with Crippen LogP contribution in [-0.2, 0) is 9.53 Å². The normalized spacial score (nSPS) is 14.4. The maximum absolute atomic E-state index is 11.3. The smallest absolute Gasteiger partial charge is 0.325 e. The summed E-state index contributed by atoms with van der Waals surface area (Å²) in [7, 11) is 1.35. The van der Waals surface area contributed by atoms with Crippen molar-refractivity contribution in [2.45, 2.75) is 29.6 Å². The van der Waals surface area contributed by atoms with Crippen molar-refractivity contribution in [3.63, 3.8) is 0 Å². The number of esters is 1. The van der Waals surface area contributed by atoms with Crippen LogP contribution in [0, 0.1) is 0 Å². The zero-order valence-electron chi connectivity index (χ0n) is 9.30. The molecule has 90 valence electrons. The van der Waals surface area contributed by atoms with Crippen LogP contribution in [0.2, 0.25) is 0 Å². The van der Waals surface area contributed by atoms with Gasteiger partial charge in [-0.3, -0.25) is 4.79 Å². The van der Waals surface area contributed by atoms with Crippen molar-refractivity contribution in [3.05, 3.63) is 5.51 Å². The molecule has 1 aromatic heterocycles. The fraction of sp³-hybridized carbons (Fsp3) is 0.667. The monoisotopic (exact) mass is 261 g/mol. The van der Waals surface area contributed by atoms with Crippen molar-refractivity contribution in [3.8, 4) is 0 Å². The topological polar surface area (TPSA) is 78.1 Å². The van der Waals surface area contributed by atoms with E-state index in [1.54, 1.807) is 24.2 Å². The van der Waals surface area contributed by atoms with Crippen LogP contribution in [0.3, 0.4) is 0 Å². The molecule has 0 aliphatic heterocycles. The Morgan fingerprint density at radius 2 is 2.50 bits per heavy atom. The Morgan fingerprint density at radius 3 is 3.06 bits per heavy atom. The lowest BCUT2D eigenvalue weighted by molar-refractivity contribution is -0.146. The molecule has 1 atom stereocenters. The second-order valence-electron chi connectivity index (χ2n) is 3.57. The Bertz CT molecular complexity index is 328. The summed E-state index contributed by atoms with van der Waals surface area (Å²) in [5.41, 5.74) is 6.63. The Labute approximate surface area is 103 Å². The van der Waals surface area contributed by atoms with Gasteiger partial charge in [-0.1, -0.05) is 23.1 Å². The molecular weight excluding hydrogens is 246 g/mol. The van der Waals surface area contributed by atoms with E-state index >= 15 is 0 Å². The number of hydrogen-bond acceptors (Lipinski definition) is 7. The molecule has 5 nitrogen and oxygen atoms in total. The Hall–Kier alpha value is -0.660. The first-order chi connectivity index (χ1) is 7.56. The summed E-state index contributed by atoms with van der Waals surface area (Å²) >= 11 is 3.13. The molecule has 2 N–H and O–H groups in total. The standard InChI is InChI=1S/C9H15N3O2S2/c1-9(10,7(13)14-2)4-3-5-15-8-12-11-6-16-8/h6H,3-5,10H2,1-2H3. The quantitative estimate of drug-likeness (QED) is 0.472. The van der Waals surface area contributed by atoms with Gasteiger partial charge in [-0.05, 0) is 19.8 Å². The first kappa shape index (κ1) is 13.4. The van der Waals surface area contributed by atoms with Crippen LogP contribution in [-0.4, -0.2) is 34.6 Å². The predicted octanol–water partition coefficient (Wildman–Crippen LogP) is 1.30. The van der Waals surface area contributed by atoms with Gasteiger partial charge in [-0.2, -0.15) is 0 Å². The molecule has 16 heavy (non-hydrogen) atoms. The summed E-state index contributed by atoms with van der Waals surface area (Å²) < 4.78 is 5.57. The summed E-state index contributed by atoms with van der Waals surface area (Å²) in [6.45, 7) is 1.69. The summed E-state index contributed by atoms with van der Waals surface area (Å²) in [5.74, 6) is 0.507. The van der Waals surface area contributed by atoms with Gasteiger partial charge in [0.25, 0.3) is 0 Å². The van der Waals surface area contributed by atoms with Gasteiger partial charge >= 0.3 is 5.97 Å². The van der Waals surface area contributed by atoms with E-state index < -0.39 is 5.54 Å². The van der Waals surface area contributed by atoms with Crippen LogP contribution in [0.5, 0.6) is 0 Å². The van der Waals surface area contributed by atoms with Gasteiger partial charge < -0.3 is 10.5 Å². The summed E-state index contributed by atoms with van der Waals surface area (Å²) in [6, 6.07) is 0. The zero-order valence-corrected chi connectivity index (χ0v) is 10.9. The molecule has 1 unspecified atom stereocenters. The second kappa shape index (κ2) is 6.17. The van der Waals surface area contributed by atoms with Crippen molar-refractivity contribution in [1.82, 2.24) is 10.2 Å². The van der Waals surface area contributed by atoms with E-state index in [-0.39, 0.29) is 5.97 Å². The molecule has 0 aliphatic carbocycles. The van der Waals surface area contributed by atoms with E-state index in [9.17, 15) is 4.79 Å². The fourth-order valence-corrected chi connectivity index (χ4v) is 2.66. The highest BCUT2D eigenvalue weighted by Gasteiger charge is 2.28. The minimum Gasteiger partial charge on any atom is -0.468 e. The van der Waals surface area contributed by atoms with Crippen molar-refractivity contribution >= 4 is 29.1 Å². The summed E-state index contributed by atoms with van der Waals surface area (Å²) in [6.07, 6.45) is 1.44. The molecule has 0 amide bonds. The molecular formula is C9H15N3O2S2. The molecule has 0 radical (unpaired) electrons. The van der Waals surface area contributed by atoms with E-state index in [1.807, 2.05) is 0 Å². The third kappa shape index (κ3) is 4.07. The number of methoxy groups -OCH3 is 1. The van der Waals surface area contributed by atoms with Crippen LogP contribution in [0.1, 0.15) is 19.8 Å². The minimum atomic E-state index is -0.892. The lowest BCUT2D eigenvalue weighted by Gasteiger charge is -2.20. The summed E-state index contributed by atoms with van der Waals surface area (Å²) in [4.78, 5) is 11.3. The predicted molar refractivity (Wildman–Crippen MR) is 64.5 cm³/mol. The number of carbonyl (C=O) groups excluding carboxylic acids is 1. The first-order valence-electron chi connectivity index (χ1n) is 4.82. The molecule has 0 aliphatic rings. The maximum atomic E-state index is 11.3. The molecule has 1 aromatic rings. The molecule has 0 bridgehead atoms. The van der Waals surface area contributed by atoms with Crippen molar-refractivity contribution in [2.75, 3.05) is 12.9 Å². The number of rotatable bonds is 6. The fourth-order valence-electron chi connectivity index (χ4n) is 1.16. The van der Waals surface area contributed by atoms with E-state index in [4.69, 9.17) is 5.73 Å². The van der Waals surface area contributed by atoms with E-state index in [2.05, 4.69) is 14.9 Å². The maximum Gasteiger partial charge on any atom is 0.325 e. The largest absolute Gasteiger partial charge is 0.468 e. The number of aromatic nitrogens is 2. The average molecular weight is 261 g/mol. The SMILES string of the molecule is COC(=O)C(C)(N)CCCSc1nncs1. The molecule has 1 heterocycles. The molecule has 0 saturated carbocycles. The second-order valence-corrected chi connectivity index (χ2v) is 5.74. The third-order valence-electron chi connectivity index (χ3n) is 2.06. The van der Waals surface area contributed by atoms with Crippen LogP contribution < -0.4 is 5.73 Å². The number of hydrogen-bond donors (Lipinski definition) is 1. The zero-order chi connectivity index (χ0) is 12.0. The van der Waals surface area contributed by atoms with Crippen molar-refractivity contribution in [2.24, 2.45) is 5.73 Å². The van der Waals surface area contributed by atoms with E-state index in [1.165, 1.54) is 18.4 Å².